The fraction of sp³-hybridized carbons (Fsp3) is 0.125. The molecular weight excluding hydrogens is 492 g/mol. The first-order valence-corrected chi connectivity index (χ1v) is 11.7. The number of nitrogens with one attached hydrogen (secondary N) is 2. The zero-order chi connectivity index (χ0) is 24.8. The molecule has 0 radical (unpaired) electrons. The van der Waals surface area contributed by atoms with E-state index in [2.05, 4.69) is 15.6 Å². The van der Waals surface area contributed by atoms with Gasteiger partial charge in [-0.05, 0) is 47.8 Å². The van der Waals surface area contributed by atoms with Crippen molar-refractivity contribution in [2.75, 3.05) is 24.2 Å². The molecule has 4 rings (SSSR count). The van der Waals surface area contributed by atoms with Crippen molar-refractivity contribution in [2.24, 2.45) is 0 Å². The molecule has 4 aromatic rings. The van der Waals surface area contributed by atoms with Crippen LogP contribution in [0.2, 0.25) is 5.02 Å². The number of thiophene rings is 1. The van der Waals surface area contributed by atoms with E-state index in [0.717, 1.165) is 5.56 Å². The maximum Gasteiger partial charge on any atom is 0.412 e. The molecule has 0 aliphatic rings. The lowest BCUT2D eigenvalue weighted by molar-refractivity contribution is 0.102. The van der Waals surface area contributed by atoms with Gasteiger partial charge in [0, 0.05) is 33.8 Å². The first-order chi connectivity index (χ1) is 16.9. The Bertz CT molecular complexity index is 1360. The second kappa shape index (κ2) is 11.0. The van der Waals surface area contributed by atoms with Gasteiger partial charge in [-0.1, -0.05) is 17.7 Å². The van der Waals surface area contributed by atoms with Gasteiger partial charge in [-0.25, -0.2) is 9.78 Å². The molecule has 180 valence electrons. The quantitative estimate of drug-likeness (QED) is 0.274. The van der Waals surface area contributed by atoms with E-state index in [1.165, 1.54) is 17.5 Å². The molecule has 0 spiro atoms. The van der Waals surface area contributed by atoms with E-state index in [9.17, 15) is 9.59 Å². The van der Waals surface area contributed by atoms with Crippen LogP contribution in [0.15, 0.2) is 60.1 Å². The van der Waals surface area contributed by atoms with E-state index < -0.39 is 6.09 Å². The molecule has 2 heterocycles. The molecule has 0 saturated carbocycles. The summed E-state index contributed by atoms with van der Waals surface area (Å²) in [6.45, 7) is 0.0357. The largest absolute Gasteiger partial charge is 0.489 e. The van der Waals surface area contributed by atoms with Gasteiger partial charge in [0.2, 0.25) is 0 Å². The summed E-state index contributed by atoms with van der Waals surface area (Å²) >= 11 is 7.22. The molecule has 0 saturated heterocycles. The Hall–Kier alpha value is -3.86. The zero-order valence-corrected chi connectivity index (χ0v) is 19.9. The normalized spacial score (nSPS) is 10.7. The van der Waals surface area contributed by atoms with Crippen LogP contribution in [0.4, 0.5) is 16.3 Å². The first kappa shape index (κ1) is 24.3. The number of carbonyl (C=O) groups is 2. The van der Waals surface area contributed by atoms with Gasteiger partial charge in [0.15, 0.2) is 5.75 Å². The third kappa shape index (κ3) is 5.99. The van der Waals surface area contributed by atoms with Crippen LogP contribution in [-0.2, 0) is 6.61 Å². The lowest BCUT2D eigenvalue weighted by Gasteiger charge is -2.10. The van der Waals surface area contributed by atoms with Gasteiger partial charge in [0.05, 0.1) is 17.5 Å². The fourth-order valence-electron chi connectivity index (χ4n) is 3.20. The second-order valence-electron chi connectivity index (χ2n) is 7.29. The number of hydrogen-bond acceptors (Lipinski definition) is 8. The van der Waals surface area contributed by atoms with Crippen molar-refractivity contribution >= 4 is 56.5 Å². The summed E-state index contributed by atoms with van der Waals surface area (Å²) in [7, 11) is 0. The molecule has 11 heteroatoms. The van der Waals surface area contributed by atoms with Crippen LogP contribution in [0.3, 0.4) is 0 Å². The highest BCUT2D eigenvalue weighted by Gasteiger charge is 2.16. The highest BCUT2D eigenvalue weighted by molar-refractivity contribution is 7.17. The lowest BCUT2D eigenvalue weighted by atomic mass is 10.2. The van der Waals surface area contributed by atoms with Crippen LogP contribution < -0.4 is 25.8 Å². The summed E-state index contributed by atoms with van der Waals surface area (Å²) in [5, 5.41) is 17.1. The number of fused-ring (bicyclic) bond motifs is 1. The van der Waals surface area contributed by atoms with Gasteiger partial charge in [0.1, 0.15) is 18.2 Å². The SMILES string of the molecule is Nc1ncc(OC(=O)NCCO)c2scc(COc3cccc(C(=O)Nc4ccc(Cl)cc4)c3)c12. The van der Waals surface area contributed by atoms with Crippen molar-refractivity contribution in [3.05, 3.63) is 76.3 Å². The number of nitrogens with two attached hydrogens (primary N) is 1. The van der Waals surface area contributed by atoms with Gasteiger partial charge in [0.25, 0.3) is 5.91 Å². The Balaban J connectivity index is 1.46. The van der Waals surface area contributed by atoms with E-state index in [-0.39, 0.29) is 37.2 Å². The maximum absolute atomic E-state index is 12.6. The Kier molecular flexibility index (Phi) is 7.66. The average molecular weight is 513 g/mol. The van der Waals surface area contributed by atoms with E-state index in [1.54, 1.807) is 48.5 Å². The van der Waals surface area contributed by atoms with Crippen molar-refractivity contribution < 1.29 is 24.2 Å². The minimum Gasteiger partial charge on any atom is -0.489 e. The van der Waals surface area contributed by atoms with Gasteiger partial charge >= 0.3 is 6.09 Å². The topological polar surface area (TPSA) is 136 Å². The molecule has 0 atom stereocenters. The van der Waals surface area contributed by atoms with Crippen molar-refractivity contribution in [3.8, 4) is 11.5 Å². The fourth-order valence-corrected chi connectivity index (χ4v) is 4.34. The molecule has 0 fully saturated rings. The minimum atomic E-state index is -0.702. The second-order valence-corrected chi connectivity index (χ2v) is 8.61. The summed E-state index contributed by atoms with van der Waals surface area (Å²) in [5.41, 5.74) is 7.90. The number of aliphatic hydroxyl groups is 1. The van der Waals surface area contributed by atoms with Crippen molar-refractivity contribution in [3.63, 3.8) is 0 Å². The van der Waals surface area contributed by atoms with Gasteiger partial charge < -0.3 is 30.9 Å². The van der Waals surface area contributed by atoms with Crippen molar-refractivity contribution in [1.29, 1.82) is 0 Å². The number of rotatable bonds is 8. The number of benzene rings is 2. The number of anilines is 2. The van der Waals surface area contributed by atoms with Crippen LogP contribution in [0.25, 0.3) is 10.1 Å². The van der Waals surface area contributed by atoms with Crippen LogP contribution in [0.5, 0.6) is 11.5 Å². The summed E-state index contributed by atoms with van der Waals surface area (Å²) in [6.07, 6.45) is 0.673. The number of halogens is 1. The maximum atomic E-state index is 12.6. The van der Waals surface area contributed by atoms with Crippen molar-refractivity contribution in [2.45, 2.75) is 6.61 Å². The predicted molar refractivity (Wildman–Crippen MR) is 135 cm³/mol. The summed E-state index contributed by atoms with van der Waals surface area (Å²) in [5.74, 6) is 0.740. The monoisotopic (exact) mass is 512 g/mol. The molecule has 5 N–H and O–H groups in total. The molecule has 0 aliphatic heterocycles. The third-order valence-electron chi connectivity index (χ3n) is 4.84. The number of amides is 2. The molecule has 0 bridgehead atoms. The standard InChI is InChI=1S/C24H21ClN4O5S/c25-16-4-6-17(7-5-16)29-23(31)14-2-1-3-18(10-14)33-12-15-13-35-21-19(11-28-22(26)20(15)21)34-24(32)27-8-9-30/h1-7,10-11,13,30H,8-9,12H2,(H2,26,28)(H,27,32)(H,29,31). The number of pyridine rings is 1. The number of nitrogens with zero attached hydrogens (tertiary/aromatic N) is 1. The molecule has 0 aliphatic carbocycles. The average Bonchev–Trinajstić information content (AvgIpc) is 3.30. The molecule has 0 unspecified atom stereocenters. The smallest absolute Gasteiger partial charge is 0.412 e. The van der Waals surface area contributed by atoms with Gasteiger partial charge in [-0.2, -0.15) is 0 Å². The van der Waals surface area contributed by atoms with E-state index in [0.29, 0.717) is 32.1 Å². The number of carbonyl (C=O) groups excluding carboxylic acids is 2. The predicted octanol–water partition coefficient (Wildman–Crippen LogP) is 4.44. The molecule has 2 aromatic heterocycles. The molecule has 9 nitrogen and oxygen atoms in total. The lowest BCUT2D eigenvalue weighted by Crippen LogP contribution is -2.29. The summed E-state index contributed by atoms with van der Waals surface area (Å²) < 4.78 is 11.9. The number of hydrogen-bond donors (Lipinski definition) is 4. The first-order valence-electron chi connectivity index (χ1n) is 10.5. The van der Waals surface area contributed by atoms with Gasteiger partial charge in [-0.15, -0.1) is 11.3 Å². The number of ether oxygens (including phenoxy) is 2. The van der Waals surface area contributed by atoms with Gasteiger partial charge in [-0.3, -0.25) is 4.79 Å². The Morgan fingerprint density at radius 2 is 1.97 bits per heavy atom. The number of aromatic nitrogens is 1. The number of aliphatic hydroxyl groups excluding tert-OH is 1. The Labute approximate surface area is 209 Å². The van der Waals surface area contributed by atoms with Crippen LogP contribution in [0.1, 0.15) is 15.9 Å². The van der Waals surface area contributed by atoms with Crippen LogP contribution in [-0.4, -0.2) is 35.2 Å². The minimum absolute atomic E-state index is 0.0741. The summed E-state index contributed by atoms with van der Waals surface area (Å²) in [4.78, 5) is 28.6. The van der Waals surface area contributed by atoms with E-state index in [1.807, 2.05) is 5.38 Å². The van der Waals surface area contributed by atoms with E-state index >= 15 is 0 Å². The highest BCUT2D eigenvalue weighted by atomic mass is 35.5. The van der Waals surface area contributed by atoms with E-state index in [4.69, 9.17) is 31.9 Å². The molecule has 2 amide bonds. The molecular formula is C24H21ClN4O5S. The highest BCUT2D eigenvalue weighted by Crippen LogP contribution is 2.37. The van der Waals surface area contributed by atoms with Crippen LogP contribution >= 0.6 is 22.9 Å². The number of nitrogen functional groups attached to an aromatic ring is 1. The van der Waals surface area contributed by atoms with Crippen molar-refractivity contribution in [1.82, 2.24) is 10.3 Å². The third-order valence-corrected chi connectivity index (χ3v) is 6.14. The Morgan fingerprint density at radius 1 is 1.17 bits per heavy atom. The molecule has 35 heavy (non-hydrogen) atoms. The summed E-state index contributed by atoms with van der Waals surface area (Å²) in [6, 6.07) is 13.6. The van der Waals surface area contributed by atoms with Crippen LogP contribution in [0, 0.1) is 0 Å². The Morgan fingerprint density at radius 3 is 2.74 bits per heavy atom. The molecule has 2 aromatic carbocycles. The zero-order valence-electron chi connectivity index (χ0n) is 18.3.